The molecule has 0 saturated carbocycles. The molecule has 0 fully saturated rings. The molecule has 0 radical (unpaired) electrons. The number of amides is 1. The van der Waals surface area contributed by atoms with Gasteiger partial charge in [0.2, 0.25) is 0 Å². The molecule has 2 rings (SSSR count). The van der Waals surface area contributed by atoms with Gasteiger partial charge in [0.25, 0.3) is 5.91 Å². The first-order chi connectivity index (χ1) is 10.9. The molecule has 0 aromatic heterocycles. The highest BCUT2D eigenvalue weighted by Crippen LogP contribution is 2.28. The minimum Gasteiger partial charge on any atom is -0.480 e. The summed E-state index contributed by atoms with van der Waals surface area (Å²) in [6, 6.07) is 12.6. The fourth-order valence-corrected chi connectivity index (χ4v) is 2.87. The number of ether oxygens (including phenoxy) is 1. The van der Waals surface area contributed by atoms with Gasteiger partial charge in [-0.05, 0) is 68.3 Å². The molecule has 0 heterocycles. The van der Waals surface area contributed by atoms with Gasteiger partial charge in [-0.2, -0.15) is 5.26 Å². The van der Waals surface area contributed by atoms with E-state index in [2.05, 4.69) is 21.2 Å². The number of nitrogens with zero attached hydrogens (tertiary/aromatic N) is 1. The number of hydrogen-bond acceptors (Lipinski definition) is 3. The lowest BCUT2D eigenvalue weighted by Gasteiger charge is -2.18. The molecule has 0 aliphatic rings. The molecule has 0 spiro atoms. The second kappa shape index (κ2) is 7.30. The van der Waals surface area contributed by atoms with Crippen molar-refractivity contribution in [2.75, 3.05) is 5.32 Å². The number of carbonyl (C=O) groups is 1. The van der Waals surface area contributed by atoms with Crippen molar-refractivity contribution in [3.05, 3.63) is 57.6 Å². The highest BCUT2D eigenvalue weighted by Gasteiger charge is 2.17. The van der Waals surface area contributed by atoms with E-state index < -0.39 is 6.10 Å². The van der Waals surface area contributed by atoms with E-state index in [1.807, 2.05) is 32.0 Å². The first kappa shape index (κ1) is 17.0. The van der Waals surface area contributed by atoms with Crippen LogP contribution in [0.3, 0.4) is 0 Å². The van der Waals surface area contributed by atoms with Crippen molar-refractivity contribution < 1.29 is 9.53 Å². The topological polar surface area (TPSA) is 62.1 Å². The van der Waals surface area contributed by atoms with Crippen LogP contribution in [0, 0.1) is 25.2 Å². The molecule has 1 atom stereocenters. The third kappa shape index (κ3) is 4.33. The Balaban J connectivity index is 2.07. The minimum absolute atomic E-state index is 0.239. The molecule has 4 nitrogen and oxygen atoms in total. The van der Waals surface area contributed by atoms with Crippen LogP contribution in [-0.4, -0.2) is 12.0 Å². The summed E-state index contributed by atoms with van der Waals surface area (Å²) in [4.78, 5) is 12.3. The van der Waals surface area contributed by atoms with E-state index in [4.69, 9.17) is 10.00 Å². The highest BCUT2D eigenvalue weighted by molar-refractivity contribution is 9.10. The van der Waals surface area contributed by atoms with E-state index in [1.54, 1.807) is 31.2 Å². The highest BCUT2D eigenvalue weighted by atomic mass is 79.9. The standard InChI is InChI=1S/C18H17BrN2O2/c1-11-8-15(19)9-12(2)17(11)23-13(3)18(22)21-16-6-4-14(10-20)5-7-16/h4-9,13H,1-3H3,(H,21,22). The first-order valence-corrected chi connectivity index (χ1v) is 7.94. The van der Waals surface area contributed by atoms with Gasteiger partial charge in [0.15, 0.2) is 6.10 Å². The van der Waals surface area contributed by atoms with Gasteiger partial charge >= 0.3 is 0 Å². The lowest BCUT2D eigenvalue weighted by atomic mass is 10.1. The van der Waals surface area contributed by atoms with E-state index in [0.717, 1.165) is 21.3 Å². The molecule has 1 N–H and O–H groups in total. The van der Waals surface area contributed by atoms with Crippen LogP contribution in [0.15, 0.2) is 40.9 Å². The van der Waals surface area contributed by atoms with Crippen molar-refractivity contribution in [1.82, 2.24) is 0 Å². The van der Waals surface area contributed by atoms with Crippen LogP contribution >= 0.6 is 15.9 Å². The van der Waals surface area contributed by atoms with Crippen molar-refractivity contribution in [2.45, 2.75) is 26.9 Å². The maximum absolute atomic E-state index is 12.3. The largest absolute Gasteiger partial charge is 0.480 e. The molecule has 5 heteroatoms. The lowest BCUT2D eigenvalue weighted by molar-refractivity contribution is -0.122. The molecular weight excluding hydrogens is 356 g/mol. The minimum atomic E-state index is -0.635. The van der Waals surface area contributed by atoms with E-state index in [1.165, 1.54) is 0 Å². The molecule has 2 aromatic rings. The number of nitrogens with one attached hydrogen (secondary N) is 1. The summed E-state index contributed by atoms with van der Waals surface area (Å²) in [5.41, 5.74) is 3.12. The number of nitriles is 1. The number of rotatable bonds is 4. The number of halogens is 1. The van der Waals surface area contributed by atoms with E-state index in [-0.39, 0.29) is 5.91 Å². The van der Waals surface area contributed by atoms with Gasteiger partial charge in [0, 0.05) is 10.2 Å². The second-order valence-electron chi connectivity index (χ2n) is 5.31. The van der Waals surface area contributed by atoms with Gasteiger partial charge in [-0.15, -0.1) is 0 Å². The number of aryl methyl sites for hydroxylation is 2. The Bertz CT molecular complexity index is 741. The molecule has 1 unspecified atom stereocenters. The summed E-state index contributed by atoms with van der Waals surface area (Å²) >= 11 is 3.44. The molecule has 1 amide bonds. The predicted octanol–water partition coefficient (Wildman–Crippen LogP) is 4.34. The third-order valence-corrected chi connectivity index (χ3v) is 3.83. The van der Waals surface area contributed by atoms with Crippen LogP contribution in [0.1, 0.15) is 23.6 Å². The average molecular weight is 373 g/mol. The quantitative estimate of drug-likeness (QED) is 0.867. The summed E-state index contributed by atoms with van der Waals surface area (Å²) in [5, 5.41) is 11.6. The van der Waals surface area contributed by atoms with Crippen LogP contribution in [0.5, 0.6) is 5.75 Å². The maximum Gasteiger partial charge on any atom is 0.265 e. The smallest absolute Gasteiger partial charge is 0.265 e. The Hall–Kier alpha value is -2.32. The Kier molecular flexibility index (Phi) is 5.41. The zero-order valence-electron chi connectivity index (χ0n) is 13.2. The summed E-state index contributed by atoms with van der Waals surface area (Å²) in [7, 11) is 0. The Morgan fingerprint density at radius 1 is 1.22 bits per heavy atom. The average Bonchev–Trinajstić information content (AvgIpc) is 2.51. The van der Waals surface area contributed by atoms with Crippen LogP contribution in [0.25, 0.3) is 0 Å². The van der Waals surface area contributed by atoms with Gasteiger partial charge in [-0.25, -0.2) is 0 Å². The van der Waals surface area contributed by atoms with Gasteiger partial charge in [0.05, 0.1) is 11.6 Å². The fraction of sp³-hybridized carbons (Fsp3) is 0.222. The summed E-state index contributed by atoms with van der Waals surface area (Å²) in [6.07, 6.45) is -0.635. The van der Waals surface area contributed by atoms with Crippen LogP contribution in [0.4, 0.5) is 5.69 Å². The van der Waals surface area contributed by atoms with Crippen LogP contribution in [-0.2, 0) is 4.79 Å². The molecule has 0 saturated heterocycles. The molecular formula is C18H17BrN2O2. The van der Waals surface area contributed by atoms with E-state index in [9.17, 15) is 4.79 Å². The molecule has 0 aliphatic heterocycles. The number of anilines is 1. The van der Waals surface area contributed by atoms with Gasteiger partial charge in [-0.1, -0.05) is 15.9 Å². The van der Waals surface area contributed by atoms with Crippen LogP contribution in [0.2, 0.25) is 0 Å². The third-order valence-electron chi connectivity index (χ3n) is 3.37. The molecule has 0 bridgehead atoms. The zero-order chi connectivity index (χ0) is 17.0. The molecule has 0 aliphatic carbocycles. The van der Waals surface area contributed by atoms with E-state index >= 15 is 0 Å². The SMILES string of the molecule is Cc1cc(Br)cc(C)c1OC(C)C(=O)Nc1ccc(C#N)cc1. The zero-order valence-corrected chi connectivity index (χ0v) is 14.8. The monoisotopic (exact) mass is 372 g/mol. The van der Waals surface area contributed by atoms with Crippen molar-refractivity contribution in [3.63, 3.8) is 0 Å². The van der Waals surface area contributed by atoms with Gasteiger partial charge in [-0.3, -0.25) is 4.79 Å². The number of benzene rings is 2. The maximum atomic E-state index is 12.3. The Labute approximate surface area is 144 Å². The van der Waals surface area contributed by atoms with E-state index in [0.29, 0.717) is 11.3 Å². The first-order valence-electron chi connectivity index (χ1n) is 7.15. The number of hydrogen-bond donors (Lipinski definition) is 1. The van der Waals surface area contributed by atoms with Gasteiger partial charge in [0.1, 0.15) is 5.75 Å². The molecule has 2 aromatic carbocycles. The number of carbonyl (C=O) groups excluding carboxylic acids is 1. The lowest BCUT2D eigenvalue weighted by Crippen LogP contribution is -2.30. The molecule has 23 heavy (non-hydrogen) atoms. The summed E-state index contributed by atoms with van der Waals surface area (Å²) < 4.78 is 6.81. The van der Waals surface area contributed by atoms with Crippen molar-refractivity contribution >= 4 is 27.5 Å². The van der Waals surface area contributed by atoms with Gasteiger partial charge < -0.3 is 10.1 Å². The normalized spacial score (nSPS) is 11.4. The Morgan fingerprint density at radius 3 is 2.30 bits per heavy atom. The van der Waals surface area contributed by atoms with Crippen molar-refractivity contribution in [2.24, 2.45) is 0 Å². The second-order valence-corrected chi connectivity index (χ2v) is 6.22. The molecule has 118 valence electrons. The summed E-state index contributed by atoms with van der Waals surface area (Å²) in [6.45, 7) is 5.59. The van der Waals surface area contributed by atoms with Crippen LogP contribution < -0.4 is 10.1 Å². The summed E-state index contributed by atoms with van der Waals surface area (Å²) in [5.74, 6) is 0.479. The van der Waals surface area contributed by atoms with Crippen molar-refractivity contribution in [3.8, 4) is 11.8 Å². The van der Waals surface area contributed by atoms with Crippen molar-refractivity contribution in [1.29, 1.82) is 5.26 Å². The fourth-order valence-electron chi connectivity index (χ4n) is 2.19. The predicted molar refractivity (Wildman–Crippen MR) is 93.5 cm³/mol. The Morgan fingerprint density at radius 2 is 1.78 bits per heavy atom.